The lowest BCUT2D eigenvalue weighted by Crippen LogP contribution is -2.54. The minimum absolute atomic E-state index is 0.0810. The number of likely N-dealkylation sites (tertiary alicyclic amines) is 1. The highest BCUT2D eigenvalue weighted by Gasteiger charge is 2.64. The maximum Gasteiger partial charge on any atom is 0.166 e. The Balaban J connectivity index is 1.57. The summed E-state index contributed by atoms with van der Waals surface area (Å²) in [4.78, 5) is 9.00. The highest BCUT2D eigenvalue weighted by molar-refractivity contribution is 6.10. The summed E-state index contributed by atoms with van der Waals surface area (Å²) in [7, 11) is 1.70. The van der Waals surface area contributed by atoms with Gasteiger partial charge in [-0.05, 0) is 66.9 Å². The highest BCUT2D eigenvalue weighted by Crippen LogP contribution is 2.57. The van der Waals surface area contributed by atoms with Gasteiger partial charge in [0.15, 0.2) is 6.10 Å². The fourth-order valence-corrected chi connectivity index (χ4v) is 5.86. The third kappa shape index (κ3) is 2.61. The van der Waals surface area contributed by atoms with E-state index < -0.39 is 0 Å². The second-order valence-corrected chi connectivity index (χ2v) is 8.63. The van der Waals surface area contributed by atoms with Gasteiger partial charge in [0.05, 0.1) is 13.0 Å². The molecule has 3 atom stereocenters. The Bertz CT molecular complexity index is 1120. The van der Waals surface area contributed by atoms with Crippen LogP contribution in [0.1, 0.15) is 41.0 Å². The minimum atomic E-state index is -0.373. The van der Waals surface area contributed by atoms with Crippen LogP contribution in [0.2, 0.25) is 0 Å². The Morgan fingerprint density at radius 3 is 2.35 bits per heavy atom. The van der Waals surface area contributed by atoms with Crippen LogP contribution in [0.5, 0.6) is 5.75 Å². The zero-order valence-electron chi connectivity index (χ0n) is 17.7. The van der Waals surface area contributed by atoms with Crippen LogP contribution in [-0.4, -0.2) is 36.9 Å². The maximum absolute atomic E-state index is 6.38. The van der Waals surface area contributed by atoms with E-state index >= 15 is 0 Å². The number of oxime groups is 1. The van der Waals surface area contributed by atoms with Gasteiger partial charge in [-0.15, -0.1) is 0 Å². The van der Waals surface area contributed by atoms with Crippen LogP contribution in [0.15, 0.2) is 84.0 Å². The first-order chi connectivity index (χ1) is 15.3. The van der Waals surface area contributed by atoms with E-state index in [4.69, 9.17) is 14.7 Å². The second-order valence-electron chi connectivity index (χ2n) is 8.63. The first kappa shape index (κ1) is 18.6. The van der Waals surface area contributed by atoms with Gasteiger partial charge in [-0.2, -0.15) is 0 Å². The van der Waals surface area contributed by atoms with Gasteiger partial charge in [0, 0.05) is 5.56 Å². The van der Waals surface area contributed by atoms with E-state index in [9.17, 15) is 0 Å². The molecule has 4 heteroatoms. The Morgan fingerprint density at radius 1 is 0.903 bits per heavy atom. The smallest absolute Gasteiger partial charge is 0.166 e. The molecule has 2 aliphatic heterocycles. The van der Waals surface area contributed by atoms with Crippen molar-refractivity contribution in [3.8, 4) is 5.75 Å². The van der Waals surface area contributed by atoms with E-state index in [1.165, 1.54) is 29.5 Å². The summed E-state index contributed by atoms with van der Waals surface area (Å²) in [6, 6.07) is 27.9. The van der Waals surface area contributed by atoms with Gasteiger partial charge in [-0.25, -0.2) is 0 Å². The van der Waals surface area contributed by atoms with Gasteiger partial charge in [-0.1, -0.05) is 59.8 Å². The Morgan fingerprint density at radius 2 is 1.61 bits per heavy atom. The Labute approximate surface area is 183 Å². The standard InChI is InChI=1S/C27H26N2O2/c1-30-21-15-13-20(14-16-21)25-27(29-17-7-8-18-29)23-12-6-5-11-22(23)24(26(27)31-28-25)19-9-3-2-4-10-19/h2-6,9-16,24,26H,7-8,17-18H2,1H3/t24-,26+,27-/m0/s1. The molecule has 0 saturated carbocycles. The normalized spacial score (nSPS) is 26.8. The van der Waals surface area contributed by atoms with Crippen molar-refractivity contribution in [3.63, 3.8) is 0 Å². The van der Waals surface area contributed by atoms with E-state index in [-0.39, 0.29) is 17.6 Å². The molecule has 1 aliphatic carbocycles. The molecular formula is C27H26N2O2. The van der Waals surface area contributed by atoms with Crippen LogP contribution < -0.4 is 4.74 Å². The summed E-state index contributed by atoms with van der Waals surface area (Å²) in [5.74, 6) is 1.00. The molecular weight excluding hydrogens is 384 g/mol. The van der Waals surface area contributed by atoms with Crippen molar-refractivity contribution in [3.05, 3.63) is 101 Å². The Kier molecular flexibility index (Phi) is 4.35. The molecule has 1 saturated heterocycles. The summed E-state index contributed by atoms with van der Waals surface area (Å²) in [5, 5.41) is 4.77. The number of methoxy groups -OCH3 is 1. The minimum Gasteiger partial charge on any atom is -0.497 e. The van der Waals surface area contributed by atoms with E-state index in [0.29, 0.717) is 0 Å². The van der Waals surface area contributed by atoms with Crippen LogP contribution >= 0.6 is 0 Å². The van der Waals surface area contributed by atoms with Crippen molar-refractivity contribution in [1.82, 2.24) is 4.90 Å². The van der Waals surface area contributed by atoms with Crippen LogP contribution in [0, 0.1) is 0 Å². The fourth-order valence-electron chi connectivity index (χ4n) is 5.86. The lowest BCUT2D eigenvalue weighted by atomic mass is 9.79. The molecule has 0 radical (unpaired) electrons. The van der Waals surface area contributed by atoms with Gasteiger partial charge in [0.2, 0.25) is 0 Å². The monoisotopic (exact) mass is 410 g/mol. The summed E-state index contributed by atoms with van der Waals surface area (Å²) in [6.45, 7) is 2.12. The van der Waals surface area contributed by atoms with Crippen molar-refractivity contribution < 1.29 is 9.57 Å². The van der Waals surface area contributed by atoms with Crippen LogP contribution in [0.3, 0.4) is 0 Å². The molecule has 6 rings (SSSR count). The van der Waals surface area contributed by atoms with Gasteiger partial charge in [0.25, 0.3) is 0 Å². The van der Waals surface area contributed by atoms with Gasteiger partial charge >= 0.3 is 0 Å². The fraction of sp³-hybridized carbons (Fsp3) is 0.296. The first-order valence-electron chi connectivity index (χ1n) is 11.1. The van der Waals surface area contributed by atoms with Crippen LogP contribution in [-0.2, 0) is 10.4 Å². The molecule has 1 fully saturated rings. The molecule has 156 valence electrons. The van der Waals surface area contributed by atoms with Crippen molar-refractivity contribution in [1.29, 1.82) is 0 Å². The number of fused-ring (bicyclic) bond motifs is 3. The average Bonchev–Trinajstić information content (AvgIpc) is 3.54. The van der Waals surface area contributed by atoms with Crippen molar-refractivity contribution in [2.45, 2.75) is 30.4 Å². The third-order valence-corrected chi connectivity index (χ3v) is 7.17. The van der Waals surface area contributed by atoms with Gasteiger partial charge < -0.3 is 9.57 Å². The Hall–Kier alpha value is -3.11. The van der Waals surface area contributed by atoms with E-state index in [0.717, 1.165) is 30.1 Å². The lowest BCUT2D eigenvalue weighted by Gasteiger charge is -2.39. The number of nitrogens with zero attached hydrogens (tertiary/aromatic N) is 2. The predicted molar refractivity (Wildman–Crippen MR) is 122 cm³/mol. The number of hydrogen-bond donors (Lipinski definition) is 0. The maximum atomic E-state index is 6.38. The van der Waals surface area contributed by atoms with E-state index in [1.807, 2.05) is 12.1 Å². The lowest BCUT2D eigenvalue weighted by molar-refractivity contribution is -0.00268. The number of ether oxygens (including phenoxy) is 1. The topological polar surface area (TPSA) is 34.1 Å². The quantitative estimate of drug-likeness (QED) is 0.611. The van der Waals surface area contributed by atoms with Crippen molar-refractivity contribution in [2.75, 3.05) is 20.2 Å². The van der Waals surface area contributed by atoms with Crippen molar-refractivity contribution in [2.24, 2.45) is 5.16 Å². The SMILES string of the molecule is COc1ccc(C2=NO[C@@H]3[C@@H](c4ccccc4)c4ccccc4[C@]23N2CCCC2)cc1. The predicted octanol–water partition coefficient (Wildman–Crippen LogP) is 4.93. The van der Waals surface area contributed by atoms with Crippen LogP contribution in [0.4, 0.5) is 0 Å². The molecule has 2 heterocycles. The molecule has 3 aliphatic rings. The average molecular weight is 411 g/mol. The number of benzene rings is 3. The summed E-state index contributed by atoms with van der Waals surface area (Å²) >= 11 is 0. The second kappa shape index (κ2) is 7.24. The summed E-state index contributed by atoms with van der Waals surface area (Å²) in [5.41, 5.74) is 5.72. The number of hydrogen-bond acceptors (Lipinski definition) is 4. The molecule has 3 aromatic carbocycles. The highest BCUT2D eigenvalue weighted by atomic mass is 16.6. The number of rotatable bonds is 4. The van der Waals surface area contributed by atoms with E-state index in [2.05, 4.69) is 71.6 Å². The first-order valence-corrected chi connectivity index (χ1v) is 11.1. The molecule has 0 amide bonds. The summed E-state index contributed by atoms with van der Waals surface area (Å²) in [6.07, 6.45) is 2.34. The molecule has 0 bridgehead atoms. The molecule has 4 nitrogen and oxygen atoms in total. The van der Waals surface area contributed by atoms with Crippen molar-refractivity contribution >= 4 is 5.71 Å². The largest absolute Gasteiger partial charge is 0.497 e. The van der Waals surface area contributed by atoms with Crippen LogP contribution in [0.25, 0.3) is 0 Å². The van der Waals surface area contributed by atoms with E-state index in [1.54, 1.807) is 7.11 Å². The zero-order valence-corrected chi connectivity index (χ0v) is 17.7. The van der Waals surface area contributed by atoms with Gasteiger partial charge in [-0.3, -0.25) is 4.90 Å². The molecule has 0 N–H and O–H groups in total. The molecule has 31 heavy (non-hydrogen) atoms. The molecule has 0 unspecified atom stereocenters. The molecule has 3 aromatic rings. The molecule has 0 aromatic heterocycles. The summed E-state index contributed by atoms with van der Waals surface area (Å²) < 4.78 is 5.39. The van der Waals surface area contributed by atoms with Gasteiger partial charge in [0.1, 0.15) is 17.0 Å². The third-order valence-electron chi connectivity index (χ3n) is 7.17. The molecule has 0 spiro atoms. The zero-order chi connectivity index (χ0) is 20.8.